The third kappa shape index (κ3) is 4.84. The predicted molar refractivity (Wildman–Crippen MR) is 88.1 cm³/mol. The smallest absolute Gasteiger partial charge is 0.320 e. The minimum Gasteiger partial charge on any atom is -0.493 e. The highest BCUT2D eigenvalue weighted by Gasteiger charge is 2.30. The Labute approximate surface area is 137 Å². The number of methoxy groups -OCH3 is 1. The maximum atomic E-state index is 11.3. The Morgan fingerprint density at radius 2 is 2.17 bits per heavy atom. The van der Waals surface area contributed by atoms with E-state index in [1.165, 1.54) is 0 Å². The molecule has 1 aromatic rings. The molecular weight excluding hydrogens is 296 g/mol. The molecule has 0 aromatic heterocycles. The highest BCUT2D eigenvalue weighted by molar-refractivity contribution is 5.73. The van der Waals surface area contributed by atoms with Crippen molar-refractivity contribution in [2.24, 2.45) is 0 Å². The number of likely N-dealkylation sites (N-methyl/N-ethyl adjacent to an activating group) is 1. The summed E-state index contributed by atoms with van der Waals surface area (Å²) in [6.45, 7) is 2.86. The molecule has 1 aromatic carbocycles. The summed E-state index contributed by atoms with van der Waals surface area (Å²) in [5.41, 5.74) is 1.04. The Bertz CT molecular complexity index is 533. The van der Waals surface area contributed by atoms with Gasteiger partial charge in [0.1, 0.15) is 12.6 Å². The molecular formula is C17H26N2O4. The molecule has 0 spiro atoms. The van der Waals surface area contributed by atoms with Crippen LogP contribution in [-0.2, 0) is 11.3 Å². The summed E-state index contributed by atoms with van der Waals surface area (Å²) in [4.78, 5) is 15.3. The quantitative estimate of drug-likeness (QED) is 0.786. The van der Waals surface area contributed by atoms with Crippen molar-refractivity contribution in [3.8, 4) is 11.5 Å². The summed E-state index contributed by atoms with van der Waals surface area (Å²) in [6.07, 6.45) is 1.65. The lowest BCUT2D eigenvalue weighted by Gasteiger charge is -2.21. The molecule has 1 aliphatic heterocycles. The van der Waals surface area contributed by atoms with Crippen LogP contribution in [0.25, 0.3) is 0 Å². The first-order valence-electron chi connectivity index (χ1n) is 7.92. The zero-order valence-corrected chi connectivity index (χ0v) is 14.1. The van der Waals surface area contributed by atoms with Crippen LogP contribution in [0.4, 0.5) is 0 Å². The fraction of sp³-hybridized carbons (Fsp3) is 0.588. The summed E-state index contributed by atoms with van der Waals surface area (Å²) in [6, 6.07) is 5.43. The molecule has 1 fully saturated rings. The number of nitrogens with zero attached hydrogens (tertiary/aromatic N) is 2. The van der Waals surface area contributed by atoms with Gasteiger partial charge in [-0.3, -0.25) is 9.69 Å². The molecule has 0 amide bonds. The number of hydrogen-bond acceptors (Lipinski definition) is 5. The lowest BCUT2D eigenvalue weighted by atomic mass is 10.1. The first-order chi connectivity index (χ1) is 11.0. The number of carboxylic acids is 1. The van der Waals surface area contributed by atoms with Gasteiger partial charge in [-0.15, -0.1) is 0 Å². The molecule has 1 heterocycles. The SMILES string of the molecule is COc1cc(CN2CCCC2C(=O)O)ccc1OCCN(C)C. The number of aliphatic carboxylic acids is 1. The van der Waals surface area contributed by atoms with Crippen LogP contribution in [0.2, 0.25) is 0 Å². The second kappa shape index (κ2) is 8.17. The van der Waals surface area contributed by atoms with Crippen molar-refractivity contribution in [1.82, 2.24) is 9.80 Å². The average molecular weight is 322 g/mol. The van der Waals surface area contributed by atoms with E-state index in [0.717, 1.165) is 31.5 Å². The van der Waals surface area contributed by atoms with Crippen LogP contribution in [0.1, 0.15) is 18.4 Å². The van der Waals surface area contributed by atoms with E-state index in [1.54, 1.807) is 7.11 Å². The summed E-state index contributed by atoms with van der Waals surface area (Å²) in [5, 5.41) is 9.26. The van der Waals surface area contributed by atoms with Crippen molar-refractivity contribution >= 4 is 5.97 Å². The number of ether oxygens (including phenoxy) is 2. The van der Waals surface area contributed by atoms with Crippen LogP contribution in [0, 0.1) is 0 Å². The van der Waals surface area contributed by atoms with Gasteiger partial charge in [-0.25, -0.2) is 0 Å². The molecule has 0 bridgehead atoms. The van der Waals surface area contributed by atoms with Crippen LogP contribution in [0.3, 0.4) is 0 Å². The largest absolute Gasteiger partial charge is 0.493 e. The Morgan fingerprint density at radius 1 is 1.39 bits per heavy atom. The van der Waals surface area contributed by atoms with Gasteiger partial charge in [0.15, 0.2) is 11.5 Å². The monoisotopic (exact) mass is 322 g/mol. The summed E-state index contributed by atoms with van der Waals surface area (Å²) >= 11 is 0. The molecule has 0 aliphatic carbocycles. The van der Waals surface area contributed by atoms with Gasteiger partial charge in [0, 0.05) is 13.1 Å². The Kier molecular flexibility index (Phi) is 6.24. The van der Waals surface area contributed by atoms with Crippen LogP contribution < -0.4 is 9.47 Å². The summed E-state index contributed by atoms with van der Waals surface area (Å²) in [7, 11) is 5.62. The maximum Gasteiger partial charge on any atom is 0.320 e. The maximum absolute atomic E-state index is 11.3. The minimum absolute atomic E-state index is 0.378. The van der Waals surface area contributed by atoms with Gasteiger partial charge in [0.05, 0.1) is 7.11 Å². The molecule has 0 saturated carbocycles. The predicted octanol–water partition coefficient (Wildman–Crippen LogP) is 1.68. The van der Waals surface area contributed by atoms with Crippen LogP contribution >= 0.6 is 0 Å². The number of benzene rings is 1. The topological polar surface area (TPSA) is 62.2 Å². The standard InChI is InChI=1S/C17H26N2O4/c1-18(2)9-10-23-15-7-6-13(11-16(15)22-3)12-19-8-4-5-14(19)17(20)21/h6-7,11,14H,4-5,8-10,12H2,1-3H3,(H,20,21). The zero-order valence-electron chi connectivity index (χ0n) is 14.1. The molecule has 1 atom stereocenters. The number of rotatable bonds is 8. The fourth-order valence-electron chi connectivity index (χ4n) is 2.80. The van der Waals surface area contributed by atoms with Gasteiger partial charge in [-0.05, 0) is 51.2 Å². The highest BCUT2D eigenvalue weighted by Crippen LogP contribution is 2.29. The lowest BCUT2D eigenvalue weighted by Crippen LogP contribution is -2.35. The number of likely N-dealkylation sites (tertiary alicyclic amines) is 1. The Balaban J connectivity index is 2.02. The molecule has 1 N–H and O–H groups in total. The summed E-state index contributed by atoms with van der Waals surface area (Å²) < 4.78 is 11.2. The van der Waals surface area contributed by atoms with E-state index in [4.69, 9.17) is 9.47 Å². The molecule has 1 aliphatic rings. The van der Waals surface area contributed by atoms with E-state index in [9.17, 15) is 9.90 Å². The van der Waals surface area contributed by atoms with E-state index in [0.29, 0.717) is 24.7 Å². The third-order valence-electron chi connectivity index (χ3n) is 4.06. The van der Waals surface area contributed by atoms with Gasteiger partial charge in [0.25, 0.3) is 0 Å². The van der Waals surface area contributed by atoms with Crippen molar-refractivity contribution in [2.75, 3.05) is 40.9 Å². The van der Waals surface area contributed by atoms with E-state index < -0.39 is 5.97 Å². The Hall–Kier alpha value is -1.79. The van der Waals surface area contributed by atoms with E-state index in [-0.39, 0.29) is 6.04 Å². The van der Waals surface area contributed by atoms with E-state index in [2.05, 4.69) is 4.90 Å². The Morgan fingerprint density at radius 3 is 2.83 bits per heavy atom. The van der Waals surface area contributed by atoms with E-state index >= 15 is 0 Å². The van der Waals surface area contributed by atoms with Crippen molar-refractivity contribution in [1.29, 1.82) is 0 Å². The first kappa shape index (κ1) is 17.6. The third-order valence-corrected chi connectivity index (χ3v) is 4.06. The van der Waals surface area contributed by atoms with Gasteiger partial charge < -0.3 is 19.5 Å². The van der Waals surface area contributed by atoms with Crippen molar-refractivity contribution in [3.63, 3.8) is 0 Å². The molecule has 0 radical (unpaired) electrons. The molecule has 1 unspecified atom stereocenters. The average Bonchev–Trinajstić information content (AvgIpc) is 2.96. The lowest BCUT2D eigenvalue weighted by molar-refractivity contribution is -0.142. The van der Waals surface area contributed by atoms with Crippen molar-refractivity contribution < 1.29 is 19.4 Å². The second-order valence-electron chi connectivity index (χ2n) is 6.10. The molecule has 2 rings (SSSR count). The zero-order chi connectivity index (χ0) is 16.8. The minimum atomic E-state index is -0.738. The van der Waals surface area contributed by atoms with Crippen LogP contribution in [0.15, 0.2) is 18.2 Å². The number of carbonyl (C=O) groups is 1. The van der Waals surface area contributed by atoms with Gasteiger partial charge in [0.2, 0.25) is 0 Å². The van der Waals surface area contributed by atoms with Gasteiger partial charge in [-0.2, -0.15) is 0 Å². The normalized spacial score (nSPS) is 18.3. The first-order valence-corrected chi connectivity index (χ1v) is 7.92. The van der Waals surface area contributed by atoms with Gasteiger partial charge in [-0.1, -0.05) is 6.07 Å². The molecule has 6 nitrogen and oxygen atoms in total. The molecule has 23 heavy (non-hydrogen) atoms. The molecule has 128 valence electrons. The highest BCUT2D eigenvalue weighted by atomic mass is 16.5. The summed E-state index contributed by atoms with van der Waals surface area (Å²) in [5.74, 6) is 0.666. The molecule has 1 saturated heterocycles. The number of carboxylic acid groups (broad SMARTS) is 1. The fourth-order valence-corrected chi connectivity index (χ4v) is 2.80. The van der Waals surface area contributed by atoms with E-state index in [1.807, 2.05) is 37.2 Å². The van der Waals surface area contributed by atoms with Crippen molar-refractivity contribution in [2.45, 2.75) is 25.4 Å². The van der Waals surface area contributed by atoms with Crippen LogP contribution in [-0.4, -0.2) is 67.8 Å². The molecule has 6 heteroatoms. The van der Waals surface area contributed by atoms with Gasteiger partial charge >= 0.3 is 5.97 Å². The number of hydrogen-bond donors (Lipinski definition) is 1. The second-order valence-corrected chi connectivity index (χ2v) is 6.10. The van der Waals surface area contributed by atoms with Crippen LogP contribution in [0.5, 0.6) is 11.5 Å². The van der Waals surface area contributed by atoms with Crippen molar-refractivity contribution in [3.05, 3.63) is 23.8 Å².